The van der Waals surface area contributed by atoms with Gasteiger partial charge in [0.05, 0.1) is 25.2 Å². The van der Waals surface area contributed by atoms with Gasteiger partial charge in [-0.25, -0.2) is 0 Å². The summed E-state index contributed by atoms with van der Waals surface area (Å²) >= 11 is 0. The first-order valence-corrected chi connectivity index (χ1v) is 8.53. The minimum absolute atomic E-state index is 0.111. The molecule has 0 aliphatic carbocycles. The highest BCUT2D eigenvalue weighted by Gasteiger charge is 2.56. The van der Waals surface area contributed by atoms with Gasteiger partial charge in [0.1, 0.15) is 23.7 Å². The zero-order valence-electron chi connectivity index (χ0n) is 15.2. The lowest BCUT2D eigenvalue weighted by Gasteiger charge is -2.15. The predicted molar refractivity (Wildman–Crippen MR) is 93.2 cm³/mol. The fourth-order valence-corrected chi connectivity index (χ4v) is 3.16. The van der Waals surface area contributed by atoms with E-state index in [-0.39, 0.29) is 24.7 Å². The number of hydrogen-bond donors (Lipinski definition) is 1. The van der Waals surface area contributed by atoms with Crippen LogP contribution in [-0.2, 0) is 27.9 Å². The number of rotatable bonds is 7. The van der Waals surface area contributed by atoms with Crippen LogP contribution in [-0.4, -0.2) is 24.3 Å². The number of benzene rings is 2. The molecule has 1 N–H and O–H groups in total. The normalized spacial score (nSPS) is 21.2. The van der Waals surface area contributed by atoms with Crippen molar-refractivity contribution in [1.29, 1.82) is 0 Å². The van der Waals surface area contributed by atoms with Gasteiger partial charge in [-0.15, -0.1) is 0 Å². The van der Waals surface area contributed by atoms with Crippen molar-refractivity contribution >= 4 is 5.97 Å². The van der Waals surface area contributed by atoms with Crippen LogP contribution in [0.4, 0.5) is 13.2 Å². The molecule has 1 fully saturated rings. The highest BCUT2D eigenvalue weighted by molar-refractivity contribution is 5.69. The second kappa shape index (κ2) is 7.35. The van der Waals surface area contributed by atoms with E-state index in [1.54, 1.807) is 31.2 Å². The van der Waals surface area contributed by atoms with E-state index in [2.05, 4.69) is 0 Å². The van der Waals surface area contributed by atoms with E-state index < -0.39 is 23.3 Å². The fourth-order valence-electron chi connectivity index (χ4n) is 3.16. The van der Waals surface area contributed by atoms with Gasteiger partial charge >= 0.3 is 12.1 Å². The van der Waals surface area contributed by atoms with Crippen molar-refractivity contribution < 1.29 is 37.3 Å². The van der Waals surface area contributed by atoms with Gasteiger partial charge in [-0.2, -0.15) is 13.2 Å². The van der Waals surface area contributed by atoms with Crippen LogP contribution in [0.1, 0.15) is 30.0 Å². The average Bonchev–Trinajstić information content (AvgIpc) is 3.28. The average molecular weight is 396 g/mol. The van der Waals surface area contributed by atoms with Gasteiger partial charge in [-0.05, 0) is 42.8 Å². The summed E-state index contributed by atoms with van der Waals surface area (Å²) in [5.41, 5.74) is -0.638. The number of ether oxygens (including phenoxy) is 3. The SMILES string of the molecule is COc1ccc(C(F)(F)F)cc1COc1ccc(C2(CC(=O)O)OC2C)cc1. The molecule has 0 spiro atoms. The summed E-state index contributed by atoms with van der Waals surface area (Å²) in [6.07, 6.45) is -4.80. The summed E-state index contributed by atoms with van der Waals surface area (Å²) in [5.74, 6) is -0.228. The van der Waals surface area contributed by atoms with Crippen molar-refractivity contribution in [2.45, 2.75) is 37.8 Å². The molecule has 1 aliphatic heterocycles. The second-order valence-corrected chi connectivity index (χ2v) is 6.56. The molecule has 0 amide bonds. The first-order chi connectivity index (χ1) is 13.2. The minimum atomic E-state index is -4.46. The molecule has 150 valence electrons. The minimum Gasteiger partial charge on any atom is -0.496 e. The molecule has 5 nitrogen and oxygen atoms in total. The van der Waals surface area contributed by atoms with Crippen LogP contribution < -0.4 is 9.47 Å². The number of methoxy groups -OCH3 is 1. The molecule has 0 bridgehead atoms. The summed E-state index contributed by atoms with van der Waals surface area (Å²) < 4.78 is 54.9. The van der Waals surface area contributed by atoms with Gasteiger partial charge < -0.3 is 19.3 Å². The Morgan fingerprint density at radius 1 is 1.21 bits per heavy atom. The largest absolute Gasteiger partial charge is 0.496 e. The lowest BCUT2D eigenvalue weighted by atomic mass is 9.92. The third-order valence-corrected chi connectivity index (χ3v) is 4.75. The molecule has 0 aromatic heterocycles. The highest BCUT2D eigenvalue weighted by atomic mass is 19.4. The van der Waals surface area contributed by atoms with Crippen LogP contribution in [0.2, 0.25) is 0 Å². The number of alkyl halides is 3. The maximum absolute atomic E-state index is 12.9. The standard InChI is InChI=1S/C20H19F3O5/c1-12-19(28-12,10-18(24)25)14-3-6-16(7-4-14)27-11-13-9-15(20(21,22)23)5-8-17(13)26-2/h3-9,12H,10-11H2,1-2H3,(H,24,25). The zero-order valence-corrected chi connectivity index (χ0v) is 15.2. The van der Waals surface area contributed by atoms with E-state index in [1.165, 1.54) is 13.2 Å². The predicted octanol–water partition coefficient (Wildman–Crippen LogP) is 4.38. The number of carbonyl (C=O) groups is 1. The zero-order chi connectivity index (χ0) is 20.5. The van der Waals surface area contributed by atoms with Gasteiger partial charge in [0.15, 0.2) is 0 Å². The Labute approximate surface area is 159 Å². The Morgan fingerprint density at radius 3 is 2.36 bits per heavy atom. The molecule has 2 aromatic carbocycles. The van der Waals surface area contributed by atoms with Crippen molar-refractivity contribution in [1.82, 2.24) is 0 Å². The Hall–Kier alpha value is -2.74. The first-order valence-electron chi connectivity index (χ1n) is 8.53. The van der Waals surface area contributed by atoms with Gasteiger partial charge in [0.2, 0.25) is 0 Å². The lowest BCUT2D eigenvalue weighted by Crippen LogP contribution is -2.17. The number of epoxide rings is 1. The van der Waals surface area contributed by atoms with Crippen LogP contribution in [0.15, 0.2) is 42.5 Å². The third-order valence-electron chi connectivity index (χ3n) is 4.75. The number of hydrogen-bond acceptors (Lipinski definition) is 4. The van der Waals surface area contributed by atoms with Crippen LogP contribution in [0.3, 0.4) is 0 Å². The molecular formula is C20H19F3O5. The van der Waals surface area contributed by atoms with Gasteiger partial charge in [-0.1, -0.05) is 12.1 Å². The van der Waals surface area contributed by atoms with Crippen LogP contribution in [0, 0.1) is 0 Å². The Kier molecular flexibility index (Phi) is 5.25. The van der Waals surface area contributed by atoms with E-state index in [4.69, 9.17) is 19.3 Å². The van der Waals surface area contributed by atoms with Crippen molar-refractivity contribution in [3.8, 4) is 11.5 Å². The van der Waals surface area contributed by atoms with E-state index in [1.807, 2.05) is 0 Å². The molecule has 2 unspecified atom stereocenters. The quantitative estimate of drug-likeness (QED) is 0.704. The Morgan fingerprint density at radius 2 is 1.86 bits per heavy atom. The van der Waals surface area contributed by atoms with Gasteiger partial charge in [-0.3, -0.25) is 4.79 Å². The maximum atomic E-state index is 12.9. The number of carboxylic acids is 1. The molecule has 2 aromatic rings. The van der Waals surface area contributed by atoms with Gasteiger partial charge in [0.25, 0.3) is 0 Å². The maximum Gasteiger partial charge on any atom is 0.416 e. The fraction of sp³-hybridized carbons (Fsp3) is 0.350. The van der Waals surface area contributed by atoms with Crippen molar-refractivity contribution in [2.75, 3.05) is 7.11 Å². The van der Waals surface area contributed by atoms with E-state index in [9.17, 15) is 18.0 Å². The molecule has 1 heterocycles. The summed E-state index contributed by atoms with van der Waals surface area (Å²) in [5, 5.41) is 9.07. The summed E-state index contributed by atoms with van der Waals surface area (Å²) in [6.45, 7) is 1.69. The molecule has 8 heteroatoms. The topological polar surface area (TPSA) is 68.3 Å². The molecule has 1 aliphatic rings. The Balaban J connectivity index is 1.73. The molecule has 1 saturated heterocycles. The summed E-state index contributed by atoms with van der Waals surface area (Å²) in [7, 11) is 1.37. The second-order valence-electron chi connectivity index (χ2n) is 6.56. The molecule has 0 radical (unpaired) electrons. The Bertz CT molecular complexity index is 863. The summed E-state index contributed by atoms with van der Waals surface area (Å²) in [4.78, 5) is 11.1. The van der Waals surface area contributed by atoms with Crippen LogP contribution >= 0.6 is 0 Å². The molecule has 0 saturated carbocycles. The van der Waals surface area contributed by atoms with Crippen molar-refractivity contribution in [2.24, 2.45) is 0 Å². The number of carboxylic acid groups (broad SMARTS) is 1. The number of halogens is 3. The van der Waals surface area contributed by atoms with Crippen LogP contribution in [0.5, 0.6) is 11.5 Å². The molecule has 28 heavy (non-hydrogen) atoms. The third kappa shape index (κ3) is 4.06. The highest BCUT2D eigenvalue weighted by Crippen LogP contribution is 2.49. The van der Waals surface area contributed by atoms with E-state index >= 15 is 0 Å². The van der Waals surface area contributed by atoms with Crippen LogP contribution in [0.25, 0.3) is 0 Å². The van der Waals surface area contributed by atoms with E-state index in [0.717, 1.165) is 12.1 Å². The van der Waals surface area contributed by atoms with E-state index in [0.29, 0.717) is 17.1 Å². The smallest absolute Gasteiger partial charge is 0.416 e. The van der Waals surface area contributed by atoms with Crippen molar-refractivity contribution in [3.63, 3.8) is 0 Å². The molecular weight excluding hydrogens is 377 g/mol. The first kappa shape index (κ1) is 20.0. The van der Waals surface area contributed by atoms with Gasteiger partial charge in [0, 0.05) is 5.56 Å². The molecule has 2 atom stereocenters. The van der Waals surface area contributed by atoms with Crippen molar-refractivity contribution in [3.05, 3.63) is 59.2 Å². The summed E-state index contributed by atoms with van der Waals surface area (Å²) in [6, 6.07) is 9.87. The monoisotopic (exact) mass is 396 g/mol. The molecule has 3 rings (SSSR count). The number of aliphatic carboxylic acids is 1. The lowest BCUT2D eigenvalue weighted by molar-refractivity contribution is -0.139.